The zero-order valence-corrected chi connectivity index (χ0v) is 24.1. The minimum atomic E-state index is 0. The topological polar surface area (TPSA) is 73.1 Å². The van der Waals surface area contributed by atoms with Gasteiger partial charge in [-0.1, -0.05) is 42.9 Å². The van der Waals surface area contributed by atoms with E-state index in [2.05, 4.69) is 70.6 Å². The Hall–Kier alpha value is -3.76. The minimum absolute atomic E-state index is 0. The molecule has 6 rings (SSSR count). The van der Waals surface area contributed by atoms with Gasteiger partial charge in [0.1, 0.15) is 22.8 Å². The molecule has 3 heterocycles. The van der Waals surface area contributed by atoms with Gasteiger partial charge < -0.3 is 14.4 Å². The van der Waals surface area contributed by atoms with Crippen molar-refractivity contribution < 1.29 is 30.9 Å². The van der Waals surface area contributed by atoms with Crippen LogP contribution in [0.1, 0.15) is 34.9 Å². The number of phenols is 1. The summed E-state index contributed by atoms with van der Waals surface area (Å²) in [5.41, 5.74) is 7.86. The fraction of sp³-hybridized carbons (Fsp3) is 0.194. The van der Waals surface area contributed by atoms with Crippen LogP contribution in [-0.4, -0.2) is 24.6 Å². The molecule has 3 aromatic carbocycles. The van der Waals surface area contributed by atoms with E-state index in [4.69, 9.17) is 4.74 Å². The number of phenolic OH excluding ortho intramolecular Hbond substituents is 1. The molecule has 6 nitrogen and oxygen atoms in total. The van der Waals surface area contributed by atoms with Crippen LogP contribution in [0.15, 0.2) is 54.7 Å². The molecule has 3 aromatic heterocycles. The largest absolute Gasteiger partial charge is 0.505 e. The molecule has 0 radical (unpaired) electrons. The molecule has 0 spiro atoms. The van der Waals surface area contributed by atoms with Crippen molar-refractivity contribution in [3.05, 3.63) is 88.7 Å². The number of aromatic hydroxyl groups is 1. The first-order valence-corrected chi connectivity index (χ1v) is 12.4. The van der Waals surface area contributed by atoms with E-state index in [9.17, 15) is 5.11 Å². The third-order valence-corrected chi connectivity index (χ3v) is 6.90. The summed E-state index contributed by atoms with van der Waals surface area (Å²) < 4.78 is 8.43. The van der Waals surface area contributed by atoms with Crippen molar-refractivity contribution in [2.75, 3.05) is 0 Å². The Morgan fingerprint density at radius 3 is 2.53 bits per heavy atom. The Labute approximate surface area is 235 Å². The molecule has 0 saturated carbocycles. The number of ether oxygens (including phenoxy) is 1. The summed E-state index contributed by atoms with van der Waals surface area (Å²) in [4.78, 5) is 13.9. The molecule has 38 heavy (non-hydrogen) atoms. The zero-order chi connectivity index (χ0) is 25.8. The number of nitrogens with zero attached hydrogens (tertiary/aromatic N) is 4. The predicted molar refractivity (Wildman–Crippen MR) is 147 cm³/mol. The van der Waals surface area contributed by atoms with Crippen LogP contribution < -0.4 is 4.74 Å². The van der Waals surface area contributed by atoms with E-state index in [1.165, 1.54) is 10.9 Å². The van der Waals surface area contributed by atoms with Crippen molar-refractivity contribution in [2.45, 2.75) is 41.0 Å². The monoisotopic (exact) mass is 682 g/mol. The molecule has 6 aromatic rings. The quantitative estimate of drug-likeness (QED) is 0.199. The van der Waals surface area contributed by atoms with Crippen LogP contribution in [-0.2, 0) is 27.5 Å². The van der Waals surface area contributed by atoms with Gasteiger partial charge in [-0.25, -0.2) is 15.0 Å². The van der Waals surface area contributed by atoms with Gasteiger partial charge in [-0.15, -0.1) is 17.7 Å². The maximum Gasteiger partial charge on any atom is 0.239 e. The van der Waals surface area contributed by atoms with Gasteiger partial charge in [0.15, 0.2) is 0 Å². The van der Waals surface area contributed by atoms with Crippen LogP contribution in [0.3, 0.4) is 0 Å². The molecule has 0 saturated heterocycles. The van der Waals surface area contributed by atoms with Gasteiger partial charge in [-0.05, 0) is 73.5 Å². The predicted octanol–water partition coefficient (Wildman–Crippen LogP) is 7.21. The van der Waals surface area contributed by atoms with Crippen LogP contribution in [0.4, 0.5) is 0 Å². The molecular weight excluding hydrogens is 655 g/mol. The number of pyridine rings is 1. The van der Waals surface area contributed by atoms with E-state index < -0.39 is 0 Å². The number of aromatic nitrogens is 4. The second-order valence-corrected chi connectivity index (χ2v) is 9.59. The van der Waals surface area contributed by atoms with Crippen molar-refractivity contribution in [1.29, 1.82) is 0 Å². The standard InChI is InChI=1S/C31H27N4O2.Pt/c1-6-21-8-10-25-23(15-21)28-19(4)14-22(16-26(28)35(25)27-13-17(2)11-12-32-27)37-31-20(5)33-24-9-7-18(3)30(36)29(24)34-31;/h7-15,36H,6H2,1-5H3;/q-1;. The van der Waals surface area contributed by atoms with E-state index in [1.54, 1.807) is 0 Å². The Bertz CT molecular complexity index is 1860. The van der Waals surface area contributed by atoms with Gasteiger partial charge in [-0.2, -0.15) is 0 Å². The van der Waals surface area contributed by atoms with Crippen LogP contribution in [0.5, 0.6) is 17.4 Å². The summed E-state index contributed by atoms with van der Waals surface area (Å²) >= 11 is 0. The third kappa shape index (κ3) is 4.23. The van der Waals surface area contributed by atoms with Crippen molar-refractivity contribution in [1.82, 2.24) is 19.5 Å². The summed E-state index contributed by atoms with van der Waals surface area (Å²) in [5.74, 6) is 1.82. The Morgan fingerprint density at radius 2 is 1.76 bits per heavy atom. The van der Waals surface area contributed by atoms with Gasteiger partial charge in [0.05, 0.1) is 5.52 Å². The molecule has 0 aliphatic rings. The number of hydrogen-bond donors (Lipinski definition) is 1. The minimum Gasteiger partial charge on any atom is -0.505 e. The second kappa shape index (κ2) is 9.84. The molecular formula is C31H27N4O2Pt-. The SMILES string of the molecule is CCc1ccc2c(c1)c1c(C)cc(Oc3nc4c(O)c(C)ccc4nc3C)[c-]c1n2-c1cc(C)ccn1.[Pt]. The fourth-order valence-electron chi connectivity index (χ4n) is 4.91. The van der Waals surface area contributed by atoms with E-state index >= 15 is 0 Å². The third-order valence-electron chi connectivity index (χ3n) is 6.90. The number of benzene rings is 3. The second-order valence-electron chi connectivity index (χ2n) is 9.59. The average Bonchev–Trinajstić information content (AvgIpc) is 3.21. The van der Waals surface area contributed by atoms with Crippen LogP contribution in [0.25, 0.3) is 38.7 Å². The number of aryl methyl sites for hydroxylation is 5. The van der Waals surface area contributed by atoms with Crippen LogP contribution >= 0.6 is 0 Å². The first-order valence-electron chi connectivity index (χ1n) is 12.4. The molecule has 0 amide bonds. The molecule has 0 aliphatic carbocycles. The molecule has 0 unspecified atom stereocenters. The summed E-state index contributed by atoms with van der Waals surface area (Å²) in [7, 11) is 0. The van der Waals surface area contributed by atoms with Gasteiger partial charge in [0, 0.05) is 38.5 Å². The summed E-state index contributed by atoms with van der Waals surface area (Å²) in [6.45, 7) is 10.0. The van der Waals surface area contributed by atoms with Gasteiger partial charge in [0.25, 0.3) is 0 Å². The van der Waals surface area contributed by atoms with E-state index in [0.717, 1.165) is 45.3 Å². The zero-order valence-electron chi connectivity index (χ0n) is 21.9. The van der Waals surface area contributed by atoms with Gasteiger partial charge in [0.2, 0.25) is 5.88 Å². The molecule has 7 heteroatoms. The average molecular weight is 683 g/mol. The van der Waals surface area contributed by atoms with Crippen molar-refractivity contribution in [2.24, 2.45) is 0 Å². The van der Waals surface area contributed by atoms with Crippen molar-refractivity contribution in [3.63, 3.8) is 0 Å². The van der Waals surface area contributed by atoms with E-state index in [1.807, 2.05) is 44.3 Å². The fourth-order valence-corrected chi connectivity index (χ4v) is 4.91. The Kier molecular flexibility index (Phi) is 6.70. The molecule has 194 valence electrons. The maximum absolute atomic E-state index is 10.6. The van der Waals surface area contributed by atoms with Crippen LogP contribution in [0.2, 0.25) is 0 Å². The van der Waals surface area contributed by atoms with Crippen molar-refractivity contribution in [3.8, 4) is 23.2 Å². The maximum atomic E-state index is 10.6. The normalized spacial score (nSPS) is 11.3. The Morgan fingerprint density at radius 1 is 0.947 bits per heavy atom. The molecule has 0 fully saturated rings. The van der Waals surface area contributed by atoms with Crippen molar-refractivity contribution >= 4 is 32.8 Å². The Balaban J connectivity index is 0.00000294. The number of rotatable bonds is 4. The van der Waals surface area contributed by atoms with Gasteiger partial charge >= 0.3 is 0 Å². The van der Waals surface area contributed by atoms with Gasteiger partial charge in [-0.3, -0.25) is 0 Å². The van der Waals surface area contributed by atoms with E-state index in [-0.39, 0.29) is 26.8 Å². The first-order chi connectivity index (χ1) is 17.8. The van der Waals surface area contributed by atoms with E-state index in [0.29, 0.717) is 28.4 Å². The summed E-state index contributed by atoms with van der Waals surface area (Å²) in [6, 6.07) is 19.8. The summed E-state index contributed by atoms with van der Waals surface area (Å²) in [6.07, 6.45) is 2.79. The first kappa shape index (κ1) is 25.9. The molecule has 0 atom stereocenters. The molecule has 0 bridgehead atoms. The smallest absolute Gasteiger partial charge is 0.239 e. The molecule has 0 aliphatic heterocycles. The summed E-state index contributed by atoms with van der Waals surface area (Å²) in [5, 5.41) is 12.8. The van der Waals surface area contributed by atoms with Crippen LogP contribution in [0, 0.1) is 33.8 Å². The number of fused-ring (bicyclic) bond motifs is 4. The number of hydrogen-bond acceptors (Lipinski definition) is 5. The molecule has 1 N–H and O–H groups in total.